The van der Waals surface area contributed by atoms with Gasteiger partial charge in [-0.2, -0.15) is 0 Å². The van der Waals surface area contributed by atoms with E-state index < -0.39 is 15.7 Å². The Morgan fingerprint density at radius 3 is 2.56 bits per heavy atom. The Bertz CT molecular complexity index is 1160. The fraction of sp³-hybridized carbons (Fsp3) is 0.167. The molecule has 2 heterocycles. The van der Waals surface area contributed by atoms with E-state index in [0.717, 1.165) is 6.26 Å². The lowest BCUT2D eigenvalue weighted by Gasteiger charge is -2.15. The van der Waals surface area contributed by atoms with Crippen molar-refractivity contribution < 1.29 is 17.9 Å². The van der Waals surface area contributed by atoms with Crippen molar-refractivity contribution in [1.29, 1.82) is 0 Å². The zero-order chi connectivity index (χ0) is 19.8. The first-order chi connectivity index (χ1) is 12.7. The SMILES string of the molecule is COc1cncc(Nc2c(C(N)=O)cnc3c(C)cc(S(C)(=O)=O)cc23)c1. The molecule has 0 saturated carbocycles. The van der Waals surface area contributed by atoms with Gasteiger partial charge in [-0.3, -0.25) is 14.8 Å². The lowest BCUT2D eigenvalue weighted by molar-refractivity contribution is 0.100. The first-order valence-electron chi connectivity index (χ1n) is 7.90. The fourth-order valence-electron chi connectivity index (χ4n) is 2.73. The van der Waals surface area contributed by atoms with Crippen LogP contribution < -0.4 is 15.8 Å². The predicted molar refractivity (Wildman–Crippen MR) is 102 cm³/mol. The largest absolute Gasteiger partial charge is 0.495 e. The van der Waals surface area contributed by atoms with Crippen molar-refractivity contribution in [3.05, 3.63) is 47.9 Å². The molecule has 27 heavy (non-hydrogen) atoms. The average Bonchev–Trinajstić information content (AvgIpc) is 2.61. The van der Waals surface area contributed by atoms with Crippen LogP contribution in [0.25, 0.3) is 10.9 Å². The zero-order valence-corrected chi connectivity index (χ0v) is 15.8. The number of pyridine rings is 2. The van der Waals surface area contributed by atoms with Gasteiger partial charge in [0.1, 0.15) is 5.75 Å². The summed E-state index contributed by atoms with van der Waals surface area (Å²) in [6.07, 6.45) is 5.58. The molecule has 1 amide bonds. The lowest BCUT2D eigenvalue weighted by atomic mass is 10.1. The number of aryl methyl sites for hydroxylation is 1. The van der Waals surface area contributed by atoms with Crippen LogP contribution in [0.5, 0.6) is 5.75 Å². The molecular formula is C18H18N4O4S. The maximum Gasteiger partial charge on any atom is 0.252 e. The number of amides is 1. The Morgan fingerprint density at radius 2 is 1.93 bits per heavy atom. The summed E-state index contributed by atoms with van der Waals surface area (Å²) in [6.45, 7) is 1.75. The van der Waals surface area contributed by atoms with E-state index in [1.165, 1.54) is 25.6 Å². The van der Waals surface area contributed by atoms with Gasteiger partial charge in [0.15, 0.2) is 9.84 Å². The van der Waals surface area contributed by atoms with E-state index in [4.69, 9.17) is 10.5 Å². The molecule has 1 aromatic carbocycles. The van der Waals surface area contributed by atoms with Gasteiger partial charge in [0.2, 0.25) is 0 Å². The van der Waals surface area contributed by atoms with E-state index in [-0.39, 0.29) is 10.5 Å². The average molecular weight is 386 g/mol. The van der Waals surface area contributed by atoms with Crippen LogP contribution in [0.4, 0.5) is 11.4 Å². The highest BCUT2D eigenvalue weighted by Crippen LogP contribution is 2.33. The summed E-state index contributed by atoms with van der Waals surface area (Å²) in [4.78, 5) is 20.4. The number of rotatable bonds is 5. The number of hydrogen-bond acceptors (Lipinski definition) is 7. The van der Waals surface area contributed by atoms with Crippen LogP contribution in [0.1, 0.15) is 15.9 Å². The number of methoxy groups -OCH3 is 1. The molecule has 0 aliphatic heterocycles. The number of sulfone groups is 1. The van der Waals surface area contributed by atoms with E-state index in [1.54, 1.807) is 25.3 Å². The summed E-state index contributed by atoms with van der Waals surface area (Å²) in [5.41, 5.74) is 7.76. The van der Waals surface area contributed by atoms with Gasteiger partial charge in [0.05, 0.1) is 46.9 Å². The summed E-state index contributed by atoms with van der Waals surface area (Å²) >= 11 is 0. The minimum absolute atomic E-state index is 0.128. The second-order valence-electron chi connectivity index (χ2n) is 6.06. The van der Waals surface area contributed by atoms with Gasteiger partial charge in [-0.25, -0.2) is 8.42 Å². The minimum Gasteiger partial charge on any atom is -0.495 e. The van der Waals surface area contributed by atoms with E-state index in [0.29, 0.717) is 33.6 Å². The number of nitrogens with one attached hydrogen (secondary N) is 1. The molecule has 0 bridgehead atoms. The highest BCUT2D eigenvalue weighted by Gasteiger charge is 2.18. The van der Waals surface area contributed by atoms with Crippen molar-refractivity contribution in [3.8, 4) is 5.75 Å². The molecule has 140 valence electrons. The number of carbonyl (C=O) groups excluding carboxylic acids is 1. The number of fused-ring (bicyclic) bond motifs is 1. The third kappa shape index (κ3) is 3.68. The van der Waals surface area contributed by atoms with Gasteiger partial charge in [-0.15, -0.1) is 0 Å². The van der Waals surface area contributed by atoms with Crippen molar-refractivity contribution in [2.24, 2.45) is 5.73 Å². The third-order valence-electron chi connectivity index (χ3n) is 4.05. The molecule has 8 nitrogen and oxygen atoms in total. The first kappa shape index (κ1) is 18.6. The van der Waals surface area contributed by atoms with Crippen LogP contribution in [0.15, 0.2) is 41.7 Å². The Labute approximate surface area is 156 Å². The van der Waals surface area contributed by atoms with Crippen molar-refractivity contribution in [3.63, 3.8) is 0 Å². The molecule has 0 radical (unpaired) electrons. The van der Waals surface area contributed by atoms with Crippen LogP contribution in [-0.2, 0) is 9.84 Å². The van der Waals surface area contributed by atoms with Crippen LogP contribution in [0.3, 0.4) is 0 Å². The highest BCUT2D eigenvalue weighted by molar-refractivity contribution is 7.90. The molecule has 3 N–H and O–H groups in total. The minimum atomic E-state index is -3.45. The van der Waals surface area contributed by atoms with Gasteiger partial charge in [-0.05, 0) is 24.6 Å². The van der Waals surface area contributed by atoms with Crippen molar-refractivity contribution in [2.75, 3.05) is 18.7 Å². The van der Waals surface area contributed by atoms with Crippen molar-refractivity contribution in [1.82, 2.24) is 9.97 Å². The van der Waals surface area contributed by atoms with Gasteiger partial charge < -0.3 is 15.8 Å². The number of aromatic nitrogens is 2. The Balaban J connectivity index is 2.30. The van der Waals surface area contributed by atoms with Gasteiger partial charge in [0.25, 0.3) is 5.91 Å². The predicted octanol–water partition coefficient (Wildman–Crippen LogP) is 2.19. The van der Waals surface area contributed by atoms with E-state index in [2.05, 4.69) is 15.3 Å². The second-order valence-corrected chi connectivity index (χ2v) is 8.07. The zero-order valence-electron chi connectivity index (χ0n) is 15.0. The quantitative estimate of drug-likeness (QED) is 0.688. The van der Waals surface area contributed by atoms with E-state index in [1.807, 2.05) is 0 Å². The van der Waals surface area contributed by atoms with Gasteiger partial charge in [0, 0.05) is 23.9 Å². The van der Waals surface area contributed by atoms with Crippen molar-refractivity contribution in [2.45, 2.75) is 11.8 Å². The van der Waals surface area contributed by atoms with Crippen LogP contribution in [0.2, 0.25) is 0 Å². The molecule has 0 saturated heterocycles. The number of benzene rings is 1. The second kappa shape index (κ2) is 6.84. The normalized spacial score (nSPS) is 11.4. The standard InChI is InChI=1S/C18H18N4O4S/c1-10-4-13(27(3,24)25)6-14-16(10)21-9-15(18(19)23)17(14)22-11-5-12(26-2)8-20-7-11/h4-9H,1-3H3,(H2,19,23)(H,21,22). The number of ether oxygens (including phenoxy) is 1. The number of carbonyl (C=O) groups is 1. The molecule has 3 rings (SSSR count). The van der Waals surface area contributed by atoms with Crippen LogP contribution in [0, 0.1) is 6.92 Å². The van der Waals surface area contributed by atoms with Crippen molar-refractivity contribution >= 4 is 38.0 Å². The lowest BCUT2D eigenvalue weighted by Crippen LogP contribution is -2.14. The monoisotopic (exact) mass is 386 g/mol. The summed E-state index contributed by atoms with van der Waals surface area (Å²) in [5, 5.41) is 3.57. The van der Waals surface area contributed by atoms with Crippen LogP contribution in [-0.4, -0.2) is 37.7 Å². The van der Waals surface area contributed by atoms with E-state index >= 15 is 0 Å². The number of primary amides is 1. The first-order valence-corrected chi connectivity index (χ1v) is 9.79. The van der Waals surface area contributed by atoms with Gasteiger partial charge in [-0.1, -0.05) is 0 Å². The van der Waals surface area contributed by atoms with E-state index in [9.17, 15) is 13.2 Å². The topological polar surface area (TPSA) is 124 Å². The number of hydrogen-bond donors (Lipinski definition) is 2. The number of nitrogens with zero attached hydrogens (tertiary/aromatic N) is 2. The maximum absolute atomic E-state index is 12.0. The number of anilines is 2. The Kier molecular flexibility index (Phi) is 4.71. The molecule has 2 aromatic heterocycles. The highest BCUT2D eigenvalue weighted by atomic mass is 32.2. The molecule has 9 heteroatoms. The Hall–Kier alpha value is -3.20. The summed E-state index contributed by atoms with van der Waals surface area (Å²) in [6, 6.07) is 4.72. The fourth-order valence-corrected chi connectivity index (χ4v) is 3.45. The molecular weight excluding hydrogens is 368 g/mol. The molecule has 0 fully saturated rings. The van der Waals surface area contributed by atoms with Crippen LogP contribution >= 0.6 is 0 Å². The van der Waals surface area contributed by atoms with Gasteiger partial charge >= 0.3 is 0 Å². The maximum atomic E-state index is 12.0. The molecule has 0 aliphatic rings. The molecule has 0 aliphatic carbocycles. The number of nitrogens with two attached hydrogens (primary N) is 1. The smallest absolute Gasteiger partial charge is 0.252 e. The molecule has 0 unspecified atom stereocenters. The Morgan fingerprint density at radius 1 is 1.19 bits per heavy atom. The summed E-state index contributed by atoms with van der Waals surface area (Å²) in [7, 11) is -1.94. The molecule has 3 aromatic rings. The molecule has 0 spiro atoms. The summed E-state index contributed by atoms with van der Waals surface area (Å²) < 4.78 is 29.2. The third-order valence-corrected chi connectivity index (χ3v) is 5.14. The summed E-state index contributed by atoms with van der Waals surface area (Å²) in [5.74, 6) is -0.169. The molecule has 0 atom stereocenters.